The van der Waals surface area contributed by atoms with E-state index in [1.54, 1.807) is 0 Å². The first-order valence-electron chi connectivity index (χ1n) is 9.63. The van der Waals surface area contributed by atoms with Crippen molar-refractivity contribution in [2.75, 3.05) is 5.73 Å². The van der Waals surface area contributed by atoms with Gasteiger partial charge in [0.2, 0.25) is 0 Å². The average Bonchev–Trinajstić information content (AvgIpc) is 3.06. The fourth-order valence-electron chi connectivity index (χ4n) is 3.30. The number of fused-ring (bicyclic) bond motifs is 1. The van der Waals surface area contributed by atoms with Crippen molar-refractivity contribution in [1.29, 1.82) is 0 Å². The zero-order valence-electron chi connectivity index (χ0n) is 18.2. The number of aryl methyl sites for hydroxylation is 3. The minimum Gasteiger partial charge on any atom is -0.484 e. The van der Waals surface area contributed by atoms with Crippen LogP contribution in [0.4, 0.5) is 5.69 Å². The molecular formula is C23H24Cl2N4O4. The van der Waals surface area contributed by atoms with E-state index in [2.05, 4.69) is 9.97 Å². The molecule has 3 N–H and O–H groups in total. The Balaban J connectivity index is 0.00000193. The van der Waals surface area contributed by atoms with Crippen LogP contribution in [0.3, 0.4) is 0 Å². The van der Waals surface area contributed by atoms with Gasteiger partial charge in [-0.25, -0.2) is 9.78 Å². The number of imidazole rings is 1. The van der Waals surface area contributed by atoms with Crippen LogP contribution in [0.5, 0.6) is 17.2 Å². The minimum atomic E-state index is -1.06. The van der Waals surface area contributed by atoms with Crippen LogP contribution < -0.4 is 15.2 Å². The first kappa shape index (κ1) is 25.8. The summed E-state index contributed by atoms with van der Waals surface area (Å²) in [5.41, 5.74) is 10.5. The topological polar surface area (TPSA) is 112 Å². The highest BCUT2D eigenvalue weighted by Crippen LogP contribution is 2.30. The molecule has 0 unspecified atom stereocenters. The molecule has 174 valence electrons. The second kappa shape index (κ2) is 10.4. The van der Waals surface area contributed by atoms with Crippen molar-refractivity contribution in [2.24, 2.45) is 7.05 Å². The van der Waals surface area contributed by atoms with Gasteiger partial charge in [0.15, 0.2) is 0 Å². The van der Waals surface area contributed by atoms with E-state index in [1.165, 1.54) is 18.5 Å². The third-order valence-electron chi connectivity index (χ3n) is 5.08. The third-order valence-corrected chi connectivity index (χ3v) is 5.08. The molecule has 33 heavy (non-hydrogen) atoms. The van der Waals surface area contributed by atoms with E-state index >= 15 is 0 Å². The number of rotatable bonds is 6. The fraction of sp³-hybridized carbons (Fsp3) is 0.174. The number of carboxylic acid groups (broad SMARTS) is 1. The number of nitrogens with two attached hydrogens (primary N) is 1. The molecule has 0 aliphatic heterocycles. The molecule has 2 aromatic carbocycles. The molecule has 0 bridgehead atoms. The van der Waals surface area contributed by atoms with E-state index in [0.29, 0.717) is 17.3 Å². The molecule has 10 heteroatoms. The maximum absolute atomic E-state index is 11.1. The van der Waals surface area contributed by atoms with Gasteiger partial charge in [-0.3, -0.25) is 4.98 Å². The number of nitrogens with zero attached hydrogens (tertiary/aromatic N) is 3. The Labute approximate surface area is 203 Å². The van der Waals surface area contributed by atoms with Crippen LogP contribution >= 0.6 is 24.8 Å². The number of anilines is 1. The van der Waals surface area contributed by atoms with Crippen LogP contribution in [-0.2, 0) is 13.7 Å². The Morgan fingerprint density at radius 3 is 2.39 bits per heavy atom. The molecular weight excluding hydrogens is 467 g/mol. The first-order valence-corrected chi connectivity index (χ1v) is 9.63. The molecule has 0 spiro atoms. The molecule has 0 atom stereocenters. The number of aromatic nitrogens is 3. The Morgan fingerprint density at radius 1 is 1.03 bits per heavy atom. The standard InChI is InChI=1S/C23H22N4O4.2ClH/c1-13-6-17(7-14(2)22(13)24)31-16-4-5-19-20(9-16)27(3)21(26-19)12-30-18-8-15(23(28)29)10-25-11-18;;/h4-11H,12,24H2,1-3H3,(H,28,29);2*1H. The molecule has 2 heterocycles. The fourth-order valence-corrected chi connectivity index (χ4v) is 3.30. The lowest BCUT2D eigenvalue weighted by molar-refractivity contribution is 0.0695. The van der Waals surface area contributed by atoms with Crippen LogP contribution in [0.15, 0.2) is 48.8 Å². The van der Waals surface area contributed by atoms with Crippen molar-refractivity contribution in [1.82, 2.24) is 14.5 Å². The van der Waals surface area contributed by atoms with Crippen LogP contribution in [0, 0.1) is 13.8 Å². The van der Waals surface area contributed by atoms with Gasteiger partial charge >= 0.3 is 5.97 Å². The number of benzene rings is 2. The van der Waals surface area contributed by atoms with Crippen LogP contribution in [0.2, 0.25) is 0 Å². The summed E-state index contributed by atoms with van der Waals surface area (Å²) in [5, 5.41) is 9.08. The summed E-state index contributed by atoms with van der Waals surface area (Å²) in [5.74, 6) is 1.40. The van der Waals surface area contributed by atoms with Crippen molar-refractivity contribution in [3.63, 3.8) is 0 Å². The minimum absolute atomic E-state index is 0. The Kier molecular flexibility index (Phi) is 8.13. The molecule has 0 aliphatic rings. The van der Waals surface area contributed by atoms with Gasteiger partial charge in [0, 0.05) is 25.0 Å². The number of ether oxygens (including phenoxy) is 2. The summed E-state index contributed by atoms with van der Waals surface area (Å²) >= 11 is 0. The summed E-state index contributed by atoms with van der Waals surface area (Å²) in [6.07, 6.45) is 2.74. The smallest absolute Gasteiger partial charge is 0.337 e. The predicted octanol–water partition coefficient (Wildman–Crippen LogP) is 5.08. The molecule has 0 amide bonds. The van der Waals surface area contributed by atoms with E-state index in [0.717, 1.165) is 33.6 Å². The van der Waals surface area contributed by atoms with Crippen molar-refractivity contribution < 1.29 is 19.4 Å². The Hall–Kier alpha value is -3.49. The number of halogens is 2. The molecule has 0 saturated carbocycles. The van der Waals surface area contributed by atoms with Crippen LogP contribution in [0.25, 0.3) is 11.0 Å². The third kappa shape index (κ3) is 5.47. The lowest BCUT2D eigenvalue weighted by atomic mass is 10.1. The Bertz CT molecular complexity index is 1280. The number of carboxylic acids is 1. The second-order valence-electron chi connectivity index (χ2n) is 7.31. The second-order valence-corrected chi connectivity index (χ2v) is 7.31. The quantitative estimate of drug-likeness (QED) is 0.362. The van der Waals surface area contributed by atoms with Crippen LogP contribution in [0.1, 0.15) is 27.3 Å². The van der Waals surface area contributed by atoms with E-state index < -0.39 is 5.97 Å². The van der Waals surface area contributed by atoms with E-state index in [9.17, 15) is 4.79 Å². The summed E-state index contributed by atoms with van der Waals surface area (Å²) in [6.45, 7) is 4.07. The van der Waals surface area contributed by atoms with Gasteiger partial charge in [-0.2, -0.15) is 0 Å². The number of carbonyl (C=O) groups is 1. The van der Waals surface area contributed by atoms with Gasteiger partial charge in [-0.1, -0.05) is 0 Å². The first-order chi connectivity index (χ1) is 14.8. The van der Waals surface area contributed by atoms with E-state index in [1.807, 2.05) is 55.8 Å². The lowest BCUT2D eigenvalue weighted by Gasteiger charge is -2.11. The molecule has 0 fully saturated rings. The summed E-state index contributed by atoms with van der Waals surface area (Å²) < 4.78 is 13.7. The molecule has 8 nitrogen and oxygen atoms in total. The zero-order chi connectivity index (χ0) is 22.1. The Morgan fingerprint density at radius 2 is 1.73 bits per heavy atom. The number of pyridine rings is 1. The zero-order valence-corrected chi connectivity index (χ0v) is 19.9. The molecule has 4 aromatic rings. The molecule has 4 rings (SSSR count). The number of aromatic carboxylic acids is 1. The monoisotopic (exact) mass is 490 g/mol. The summed E-state index contributed by atoms with van der Waals surface area (Å²) in [7, 11) is 1.89. The van der Waals surface area contributed by atoms with Gasteiger partial charge in [-0.05, 0) is 55.3 Å². The molecule has 0 radical (unpaired) electrons. The van der Waals surface area contributed by atoms with Crippen molar-refractivity contribution in [2.45, 2.75) is 20.5 Å². The van der Waals surface area contributed by atoms with Crippen LogP contribution in [-0.4, -0.2) is 25.6 Å². The normalized spacial score (nSPS) is 10.3. The van der Waals surface area contributed by atoms with Gasteiger partial charge in [0.25, 0.3) is 0 Å². The van der Waals surface area contributed by atoms with Crippen molar-refractivity contribution in [3.05, 3.63) is 71.3 Å². The number of nitrogen functional groups attached to an aromatic ring is 1. The SMILES string of the molecule is Cc1cc(Oc2ccc3nc(COc4cncc(C(=O)O)c4)n(C)c3c2)cc(C)c1N.Cl.Cl. The highest BCUT2D eigenvalue weighted by molar-refractivity contribution is 5.87. The highest BCUT2D eigenvalue weighted by Gasteiger charge is 2.12. The summed E-state index contributed by atoms with van der Waals surface area (Å²) in [4.78, 5) is 19.6. The van der Waals surface area contributed by atoms with Crippen molar-refractivity contribution >= 4 is 47.5 Å². The maximum atomic E-state index is 11.1. The van der Waals surface area contributed by atoms with E-state index in [-0.39, 0.29) is 37.0 Å². The largest absolute Gasteiger partial charge is 0.484 e. The lowest BCUT2D eigenvalue weighted by Crippen LogP contribution is -2.04. The molecule has 0 saturated heterocycles. The van der Waals surface area contributed by atoms with E-state index in [4.69, 9.17) is 20.3 Å². The van der Waals surface area contributed by atoms with Gasteiger partial charge in [0.05, 0.1) is 22.8 Å². The number of hydrogen-bond acceptors (Lipinski definition) is 6. The molecule has 0 aliphatic carbocycles. The predicted molar refractivity (Wildman–Crippen MR) is 131 cm³/mol. The average molecular weight is 491 g/mol. The van der Waals surface area contributed by atoms with Gasteiger partial charge in [-0.15, -0.1) is 24.8 Å². The van der Waals surface area contributed by atoms with Crippen molar-refractivity contribution in [3.8, 4) is 17.2 Å². The maximum Gasteiger partial charge on any atom is 0.337 e. The van der Waals surface area contributed by atoms with Gasteiger partial charge in [0.1, 0.15) is 29.7 Å². The molecule has 2 aromatic heterocycles. The van der Waals surface area contributed by atoms with Gasteiger partial charge < -0.3 is 24.9 Å². The highest BCUT2D eigenvalue weighted by atomic mass is 35.5. The summed E-state index contributed by atoms with van der Waals surface area (Å²) in [6, 6.07) is 10.9. The number of hydrogen-bond donors (Lipinski definition) is 2.